The highest BCUT2D eigenvalue weighted by atomic mass is 16.3. The Morgan fingerprint density at radius 3 is 2.71 bits per heavy atom. The topological polar surface area (TPSA) is 71.2 Å². The van der Waals surface area contributed by atoms with Crippen molar-refractivity contribution < 1.29 is 5.11 Å². The van der Waals surface area contributed by atoms with Gasteiger partial charge >= 0.3 is 0 Å². The minimum Gasteiger partial charge on any atom is -0.397 e. The Kier molecular flexibility index (Phi) is 3.52. The van der Waals surface area contributed by atoms with Crippen LogP contribution in [0.3, 0.4) is 0 Å². The fourth-order valence-electron chi connectivity index (χ4n) is 2.39. The molecule has 1 aromatic rings. The molecule has 0 spiro atoms. The number of aliphatic hydroxyl groups is 1. The molecule has 0 atom stereocenters. The molecule has 1 aliphatic rings. The molecule has 1 heterocycles. The fraction of sp³-hybridized carbons (Fsp3) is 0.615. The Labute approximate surface area is 102 Å². The summed E-state index contributed by atoms with van der Waals surface area (Å²) in [6.07, 6.45) is 5.94. The molecule has 0 unspecified atom stereocenters. The largest absolute Gasteiger partial charge is 0.397 e. The molecule has 0 saturated heterocycles. The number of rotatable bonds is 3. The van der Waals surface area contributed by atoms with E-state index in [0.29, 0.717) is 5.69 Å². The van der Waals surface area contributed by atoms with Gasteiger partial charge in [-0.3, -0.25) is 0 Å². The van der Waals surface area contributed by atoms with Crippen LogP contribution in [0.15, 0.2) is 18.3 Å². The standard InChI is InChI=1S/C13H21N3O/c1-10-4-6-13(9-17,7-5-10)16-12-3-2-11(14)8-15-12/h2-3,8,10,17H,4-7,9,14H2,1H3,(H,15,16). The third-order valence-electron chi connectivity index (χ3n) is 3.71. The number of pyridine rings is 1. The lowest BCUT2D eigenvalue weighted by molar-refractivity contribution is 0.155. The zero-order valence-electron chi connectivity index (χ0n) is 10.3. The van der Waals surface area contributed by atoms with Crippen LogP contribution in [-0.2, 0) is 0 Å². The zero-order chi connectivity index (χ0) is 12.3. The second kappa shape index (κ2) is 4.92. The highest BCUT2D eigenvalue weighted by Crippen LogP contribution is 2.33. The summed E-state index contributed by atoms with van der Waals surface area (Å²) in [5, 5.41) is 13.0. The number of nitrogens with zero attached hydrogens (tertiary/aromatic N) is 1. The minimum absolute atomic E-state index is 0.159. The van der Waals surface area contributed by atoms with Crippen molar-refractivity contribution in [2.24, 2.45) is 5.92 Å². The quantitative estimate of drug-likeness (QED) is 0.749. The molecule has 0 radical (unpaired) electrons. The van der Waals surface area contributed by atoms with Crippen molar-refractivity contribution in [2.45, 2.75) is 38.1 Å². The lowest BCUT2D eigenvalue weighted by Gasteiger charge is -2.39. The predicted molar refractivity (Wildman–Crippen MR) is 69.7 cm³/mol. The molecular formula is C13H21N3O. The lowest BCUT2D eigenvalue weighted by Crippen LogP contribution is -2.45. The average molecular weight is 235 g/mol. The minimum atomic E-state index is -0.199. The van der Waals surface area contributed by atoms with Gasteiger partial charge in [0.05, 0.1) is 24.0 Å². The van der Waals surface area contributed by atoms with Crippen LogP contribution in [0.4, 0.5) is 11.5 Å². The van der Waals surface area contributed by atoms with E-state index in [2.05, 4.69) is 17.2 Å². The van der Waals surface area contributed by atoms with Crippen molar-refractivity contribution in [3.05, 3.63) is 18.3 Å². The summed E-state index contributed by atoms with van der Waals surface area (Å²) in [6, 6.07) is 3.69. The van der Waals surface area contributed by atoms with Crippen molar-refractivity contribution in [1.82, 2.24) is 4.98 Å². The van der Waals surface area contributed by atoms with Crippen molar-refractivity contribution in [3.8, 4) is 0 Å². The number of aromatic nitrogens is 1. The van der Waals surface area contributed by atoms with Gasteiger partial charge < -0.3 is 16.2 Å². The van der Waals surface area contributed by atoms with Gasteiger partial charge in [0, 0.05) is 0 Å². The summed E-state index contributed by atoms with van der Waals surface area (Å²) in [7, 11) is 0. The van der Waals surface area contributed by atoms with Crippen molar-refractivity contribution >= 4 is 11.5 Å². The maximum atomic E-state index is 9.63. The third-order valence-corrected chi connectivity index (χ3v) is 3.71. The number of hydrogen-bond donors (Lipinski definition) is 3. The Morgan fingerprint density at radius 2 is 2.18 bits per heavy atom. The Balaban J connectivity index is 2.06. The molecule has 2 rings (SSSR count). The Morgan fingerprint density at radius 1 is 1.47 bits per heavy atom. The van der Waals surface area contributed by atoms with Gasteiger partial charge in [-0.25, -0.2) is 4.98 Å². The van der Waals surface area contributed by atoms with Gasteiger partial charge in [0.2, 0.25) is 0 Å². The predicted octanol–water partition coefficient (Wildman–Crippen LogP) is 2.02. The van der Waals surface area contributed by atoms with Crippen LogP contribution in [0, 0.1) is 5.92 Å². The molecule has 0 aromatic carbocycles. The first kappa shape index (κ1) is 12.2. The molecule has 17 heavy (non-hydrogen) atoms. The molecule has 1 saturated carbocycles. The van der Waals surface area contributed by atoms with Crippen LogP contribution in [0.5, 0.6) is 0 Å². The first-order chi connectivity index (χ1) is 8.13. The molecule has 0 bridgehead atoms. The van der Waals surface area contributed by atoms with Crippen molar-refractivity contribution in [3.63, 3.8) is 0 Å². The van der Waals surface area contributed by atoms with Gasteiger partial charge in [-0.15, -0.1) is 0 Å². The zero-order valence-corrected chi connectivity index (χ0v) is 10.3. The van der Waals surface area contributed by atoms with E-state index >= 15 is 0 Å². The number of nitrogens with one attached hydrogen (secondary N) is 1. The summed E-state index contributed by atoms with van der Waals surface area (Å²) >= 11 is 0. The SMILES string of the molecule is CC1CCC(CO)(Nc2ccc(N)cn2)CC1. The first-order valence-electron chi connectivity index (χ1n) is 6.24. The van der Waals surface area contributed by atoms with Crippen LogP contribution >= 0.6 is 0 Å². The molecule has 1 aromatic heterocycles. The molecule has 1 aliphatic carbocycles. The molecule has 4 heteroatoms. The lowest BCUT2D eigenvalue weighted by atomic mass is 9.77. The van der Waals surface area contributed by atoms with E-state index < -0.39 is 0 Å². The third kappa shape index (κ3) is 2.88. The number of hydrogen-bond acceptors (Lipinski definition) is 4. The van der Waals surface area contributed by atoms with Crippen molar-refractivity contribution in [2.75, 3.05) is 17.7 Å². The van der Waals surface area contributed by atoms with Gasteiger partial charge in [-0.1, -0.05) is 6.92 Å². The molecule has 0 aliphatic heterocycles. The fourth-order valence-corrected chi connectivity index (χ4v) is 2.39. The highest BCUT2D eigenvalue weighted by Gasteiger charge is 2.33. The number of aliphatic hydroxyl groups excluding tert-OH is 1. The summed E-state index contributed by atoms with van der Waals surface area (Å²) in [5.74, 6) is 1.55. The summed E-state index contributed by atoms with van der Waals surface area (Å²) < 4.78 is 0. The molecule has 0 amide bonds. The van der Waals surface area contributed by atoms with Crippen LogP contribution in [0.25, 0.3) is 0 Å². The summed E-state index contributed by atoms with van der Waals surface area (Å²) in [5.41, 5.74) is 6.06. The van der Waals surface area contributed by atoms with E-state index in [1.165, 1.54) is 0 Å². The number of nitrogens with two attached hydrogens (primary N) is 1. The maximum absolute atomic E-state index is 9.63. The van der Waals surface area contributed by atoms with E-state index in [9.17, 15) is 5.11 Å². The van der Waals surface area contributed by atoms with Crippen LogP contribution < -0.4 is 11.1 Å². The van der Waals surface area contributed by atoms with Crippen LogP contribution in [0.2, 0.25) is 0 Å². The molecule has 4 N–H and O–H groups in total. The highest BCUT2D eigenvalue weighted by molar-refractivity contribution is 5.45. The van der Waals surface area contributed by atoms with Gasteiger partial charge in [-0.05, 0) is 43.7 Å². The van der Waals surface area contributed by atoms with E-state index in [1.807, 2.05) is 12.1 Å². The van der Waals surface area contributed by atoms with Gasteiger partial charge in [0.15, 0.2) is 0 Å². The number of anilines is 2. The smallest absolute Gasteiger partial charge is 0.126 e. The van der Waals surface area contributed by atoms with Crippen LogP contribution in [0.1, 0.15) is 32.6 Å². The average Bonchev–Trinajstić information content (AvgIpc) is 2.35. The monoisotopic (exact) mass is 235 g/mol. The second-order valence-electron chi connectivity index (χ2n) is 5.22. The Hall–Kier alpha value is -1.29. The summed E-state index contributed by atoms with van der Waals surface area (Å²) in [4.78, 5) is 4.24. The van der Waals surface area contributed by atoms with E-state index in [4.69, 9.17) is 5.73 Å². The number of nitrogen functional groups attached to an aromatic ring is 1. The Bertz CT molecular complexity index is 355. The molecule has 4 nitrogen and oxygen atoms in total. The van der Waals surface area contributed by atoms with E-state index in [-0.39, 0.29) is 12.1 Å². The van der Waals surface area contributed by atoms with E-state index in [0.717, 1.165) is 37.4 Å². The maximum Gasteiger partial charge on any atom is 0.126 e. The van der Waals surface area contributed by atoms with Gasteiger partial charge in [0.1, 0.15) is 5.82 Å². The first-order valence-corrected chi connectivity index (χ1v) is 6.24. The van der Waals surface area contributed by atoms with Crippen molar-refractivity contribution in [1.29, 1.82) is 0 Å². The molecule has 94 valence electrons. The second-order valence-corrected chi connectivity index (χ2v) is 5.22. The van der Waals surface area contributed by atoms with Crippen LogP contribution in [-0.4, -0.2) is 22.2 Å². The van der Waals surface area contributed by atoms with E-state index in [1.54, 1.807) is 6.20 Å². The summed E-state index contributed by atoms with van der Waals surface area (Å²) in [6.45, 7) is 2.43. The van der Waals surface area contributed by atoms with Gasteiger partial charge in [0.25, 0.3) is 0 Å². The normalized spacial score (nSPS) is 28.9. The van der Waals surface area contributed by atoms with Gasteiger partial charge in [-0.2, -0.15) is 0 Å². The molecular weight excluding hydrogens is 214 g/mol. The molecule has 1 fully saturated rings.